The number of aromatic nitrogens is 4. The SMILES string of the molecule is CNc1ncnc2c1ccn2[C@H]1CCC(CCc2ccc3cc(F)c(N)nc3c2)C1. The number of anilines is 2. The van der Waals surface area contributed by atoms with Gasteiger partial charge in [0.2, 0.25) is 0 Å². The van der Waals surface area contributed by atoms with E-state index in [1.807, 2.05) is 19.2 Å². The fourth-order valence-electron chi connectivity index (χ4n) is 4.76. The Morgan fingerprint density at radius 2 is 2.10 bits per heavy atom. The van der Waals surface area contributed by atoms with Crippen LogP contribution in [0.1, 0.15) is 37.3 Å². The number of rotatable bonds is 5. The lowest BCUT2D eigenvalue weighted by molar-refractivity contribution is 0.461. The molecule has 0 radical (unpaired) electrons. The number of hydrogen-bond acceptors (Lipinski definition) is 5. The Morgan fingerprint density at radius 1 is 1.20 bits per heavy atom. The van der Waals surface area contributed by atoms with E-state index in [2.05, 4.69) is 43.2 Å². The van der Waals surface area contributed by atoms with Crippen LogP contribution >= 0.6 is 0 Å². The number of fused-ring (bicyclic) bond motifs is 2. The first-order valence-electron chi connectivity index (χ1n) is 10.5. The highest BCUT2D eigenvalue weighted by molar-refractivity contribution is 5.87. The Morgan fingerprint density at radius 3 is 2.97 bits per heavy atom. The zero-order valence-electron chi connectivity index (χ0n) is 17.0. The maximum atomic E-state index is 13.6. The Kier molecular flexibility index (Phi) is 4.73. The van der Waals surface area contributed by atoms with Gasteiger partial charge in [-0.3, -0.25) is 0 Å². The number of hydrogen-bond donors (Lipinski definition) is 2. The van der Waals surface area contributed by atoms with Crippen LogP contribution in [0.25, 0.3) is 21.9 Å². The number of aryl methyl sites for hydroxylation is 1. The molecule has 30 heavy (non-hydrogen) atoms. The lowest BCUT2D eigenvalue weighted by Gasteiger charge is -2.15. The minimum atomic E-state index is -0.461. The first kappa shape index (κ1) is 18.8. The summed E-state index contributed by atoms with van der Waals surface area (Å²) < 4.78 is 15.9. The molecule has 0 amide bonds. The largest absolute Gasteiger partial charge is 0.381 e. The van der Waals surface area contributed by atoms with Gasteiger partial charge in [0.1, 0.15) is 17.8 Å². The molecule has 3 aromatic heterocycles. The number of nitrogen functional groups attached to an aromatic ring is 1. The van der Waals surface area contributed by atoms with Crippen LogP contribution in [0.3, 0.4) is 0 Å². The van der Waals surface area contributed by atoms with Crippen LogP contribution in [-0.4, -0.2) is 26.6 Å². The fraction of sp³-hybridized carbons (Fsp3) is 0.348. The molecule has 7 heteroatoms. The Hall–Kier alpha value is -3.22. The second-order valence-electron chi connectivity index (χ2n) is 8.19. The van der Waals surface area contributed by atoms with Gasteiger partial charge in [-0.1, -0.05) is 12.1 Å². The highest BCUT2D eigenvalue weighted by atomic mass is 19.1. The van der Waals surface area contributed by atoms with Gasteiger partial charge in [0.05, 0.1) is 10.9 Å². The molecule has 1 unspecified atom stereocenters. The number of nitrogens with zero attached hydrogens (tertiary/aromatic N) is 4. The summed E-state index contributed by atoms with van der Waals surface area (Å²) in [6, 6.07) is 10.1. The van der Waals surface area contributed by atoms with E-state index in [-0.39, 0.29) is 5.82 Å². The second-order valence-corrected chi connectivity index (χ2v) is 8.19. The first-order chi connectivity index (χ1) is 14.6. The maximum absolute atomic E-state index is 13.6. The fourth-order valence-corrected chi connectivity index (χ4v) is 4.76. The van der Waals surface area contributed by atoms with Crippen molar-refractivity contribution in [1.82, 2.24) is 19.5 Å². The molecule has 1 fully saturated rings. The van der Waals surface area contributed by atoms with Gasteiger partial charge in [-0.15, -0.1) is 0 Å². The van der Waals surface area contributed by atoms with E-state index < -0.39 is 5.82 Å². The molecule has 1 aromatic carbocycles. The third-order valence-electron chi connectivity index (χ3n) is 6.36. The van der Waals surface area contributed by atoms with Gasteiger partial charge in [0.15, 0.2) is 11.6 Å². The van der Waals surface area contributed by atoms with Crippen LogP contribution < -0.4 is 11.1 Å². The third kappa shape index (κ3) is 3.34. The summed E-state index contributed by atoms with van der Waals surface area (Å²) in [6.07, 6.45) is 9.45. The highest BCUT2D eigenvalue weighted by Gasteiger charge is 2.27. The molecule has 3 heterocycles. The van der Waals surface area contributed by atoms with Gasteiger partial charge in [0.25, 0.3) is 0 Å². The lowest BCUT2D eigenvalue weighted by Crippen LogP contribution is -2.06. The van der Waals surface area contributed by atoms with Gasteiger partial charge in [-0.05, 0) is 61.8 Å². The van der Waals surface area contributed by atoms with Crippen LogP contribution in [0.2, 0.25) is 0 Å². The predicted molar refractivity (Wildman–Crippen MR) is 118 cm³/mol. The van der Waals surface area contributed by atoms with Crippen LogP contribution in [0.5, 0.6) is 0 Å². The van der Waals surface area contributed by atoms with Gasteiger partial charge in [-0.25, -0.2) is 19.3 Å². The zero-order valence-corrected chi connectivity index (χ0v) is 17.0. The molecule has 2 atom stereocenters. The molecule has 0 saturated heterocycles. The number of nitrogens with one attached hydrogen (secondary N) is 1. The normalized spacial score (nSPS) is 19.0. The van der Waals surface area contributed by atoms with Crippen molar-refractivity contribution < 1.29 is 4.39 Å². The van der Waals surface area contributed by atoms with Crippen LogP contribution in [0.15, 0.2) is 42.9 Å². The van der Waals surface area contributed by atoms with Crippen LogP contribution in [-0.2, 0) is 6.42 Å². The van der Waals surface area contributed by atoms with Crippen molar-refractivity contribution in [1.29, 1.82) is 0 Å². The summed E-state index contributed by atoms with van der Waals surface area (Å²) in [5.41, 5.74) is 8.62. The van der Waals surface area contributed by atoms with Crippen LogP contribution in [0.4, 0.5) is 16.0 Å². The average molecular weight is 404 g/mol. The summed E-state index contributed by atoms with van der Waals surface area (Å²) >= 11 is 0. The zero-order chi connectivity index (χ0) is 20.7. The monoisotopic (exact) mass is 404 g/mol. The quantitative estimate of drug-likeness (QED) is 0.503. The van der Waals surface area contributed by atoms with E-state index in [0.29, 0.717) is 12.0 Å². The maximum Gasteiger partial charge on any atom is 0.165 e. The predicted octanol–water partition coefficient (Wildman–Crippen LogP) is 4.72. The minimum absolute atomic E-state index is 0.0394. The topological polar surface area (TPSA) is 81.7 Å². The average Bonchev–Trinajstić information content (AvgIpc) is 3.39. The van der Waals surface area contributed by atoms with Crippen molar-refractivity contribution in [3.05, 3.63) is 54.2 Å². The smallest absolute Gasteiger partial charge is 0.165 e. The van der Waals surface area contributed by atoms with Crippen molar-refractivity contribution in [2.24, 2.45) is 5.92 Å². The van der Waals surface area contributed by atoms with Gasteiger partial charge in [0, 0.05) is 24.7 Å². The van der Waals surface area contributed by atoms with Gasteiger partial charge >= 0.3 is 0 Å². The molecule has 154 valence electrons. The summed E-state index contributed by atoms with van der Waals surface area (Å²) in [7, 11) is 1.89. The molecule has 1 saturated carbocycles. The molecule has 1 aliphatic rings. The molecule has 1 aliphatic carbocycles. The molecular weight excluding hydrogens is 379 g/mol. The lowest BCUT2D eigenvalue weighted by atomic mass is 9.97. The molecule has 0 spiro atoms. The Labute approximate surface area is 174 Å². The number of halogens is 1. The summed E-state index contributed by atoms with van der Waals surface area (Å²) in [6.45, 7) is 0. The van der Waals surface area contributed by atoms with Crippen molar-refractivity contribution in [2.75, 3.05) is 18.1 Å². The van der Waals surface area contributed by atoms with Crippen molar-refractivity contribution >= 4 is 33.6 Å². The number of benzene rings is 1. The van der Waals surface area contributed by atoms with Crippen molar-refractivity contribution in [3.63, 3.8) is 0 Å². The molecular formula is C23H25FN6. The van der Waals surface area contributed by atoms with E-state index in [1.165, 1.54) is 24.5 Å². The summed E-state index contributed by atoms with van der Waals surface area (Å²) in [4.78, 5) is 13.0. The molecule has 5 rings (SSSR count). The number of nitrogens with two attached hydrogens (primary N) is 1. The first-order valence-corrected chi connectivity index (χ1v) is 10.5. The molecule has 6 nitrogen and oxygen atoms in total. The van der Waals surface area contributed by atoms with Crippen molar-refractivity contribution in [2.45, 2.75) is 38.1 Å². The molecule has 3 N–H and O–H groups in total. The second kappa shape index (κ2) is 7.55. The standard InChI is InChI=1S/C23H25FN6/c1-26-22-18-8-9-30(23(18)28-13-27-22)17-7-5-14(10-17)2-3-15-4-6-16-12-19(24)21(25)29-20(16)11-15/h4,6,8-9,11-14,17H,2-3,5,7,10H2,1H3,(H2,25,29)(H,26,27,28)/t14?,17-/m0/s1. The van der Waals surface area contributed by atoms with E-state index in [0.717, 1.165) is 47.0 Å². The summed E-state index contributed by atoms with van der Waals surface area (Å²) in [5, 5.41) is 5.00. The van der Waals surface area contributed by atoms with Crippen LogP contribution in [0, 0.1) is 11.7 Å². The minimum Gasteiger partial charge on any atom is -0.381 e. The third-order valence-corrected chi connectivity index (χ3v) is 6.36. The Balaban J connectivity index is 1.27. The van der Waals surface area contributed by atoms with E-state index in [1.54, 1.807) is 6.33 Å². The Bertz CT molecular complexity index is 1220. The molecule has 4 aromatic rings. The van der Waals surface area contributed by atoms with Crippen molar-refractivity contribution in [3.8, 4) is 0 Å². The van der Waals surface area contributed by atoms with E-state index in [9.17, 15) is 4.39 Å². The summed E-state index contributed by atoms with van der Waals surface area (Å²) in [5.74, 6) is 1.05. The van der Waals surface area contributed by atoms with E-state index in [4.69, 9.17) is 5.73 Å². The van der Waals surface area contributed by atoms with E-state index >= 15 is 0 Å². The molecule has 0 aliphatic heterocycles. The van der Waals surface area contributed by atoms with Gasteiger partial charge in [-0.2, -0.15) is 0 Å². The van der Waals surface area contributed by atoms with Gasteiger partial charge < -0.3 is 15.6 Å². The number of pyridine rings is 1. The molecule has 0 bridgehead atoms. The highest BCUT2D eigenvalue weighted by Crippen LogP contribution is 2.39.